The van der Waals surface area contributed by atoms with Crippen molar-refractivity contribution < 1.29 is 17.9 Å². The van der Waals surface area contributed by atoms with Crippen molar-refractivity contribution in [3.05, 3.63) is 35.4 Å². The van der Waals surface area contributed by atoms with Crippen molar-refractivity contribution in [2.45, 2.75) is 12.3 Å². The van der Waals surface area contributed by atoms with Crippen molar-refractivity contribution >= 4 is 12.4 Å². The molecule has 2 nitrogen and oxygen atoms in total. The lowest BCUT2D eigenvalue weighted by Crippen LogP contribution is -2.35. The molecule has 0 saturated carbocycles. The molecule has 1 aromatic carbocycles. The number of ether oxygens (including phenoxy) is 1. The maximum Gasteiger partial charge on any atom is 0.416 e. The zero-order valence-electron chi connectivity index (χ0n) is 9.91. The van der Waals surface area contributed by atoms with Crippen molar-refractivity contribution in [2.75, 3.05) is 26.7 Å². The van der Waals surface area contributed by atoms with Crippen molar-refractivity contribution in [1.29, 1.82) is 0 Å². The standard InChI is InChI=1S/C12H14F3NO.ClH/c1-16-5-6-17-11(8-16)9-3-2-4-10(7-9)12(13,14)15;/h2-4,7,11H,5-6,8H2,1H3;1H. The van der Waals surface area contributed by atoms with Crippen molar-refractivity contribution in [2.24, 2.45) is 0 Å². The van der Waals surface area contributed by atoms with E-state index in [2.05, 4.69) is 4.90 Å². The molecule has 0 aromatic heterocycles. The average Bonchev–Trinajstić information content (AvgIpc) is 2.28. The predicted molar refractivity (Wildman–Crippen MR) is 64.9 cm³/mol. The van der Waals surface area contributed by atoms with E-state index in [1.54, 1.807) is 6.07 Å². The lowest BCUT2D eigenvalue weighted by molar-refractivity contribution is -0.137. The lowest BCUT2D eigenvalue weighted by Gasteiger charge is -2.30. The molecule has 0 aliphatic carbocycles. The Kier molecular flexibility index (Phi) is 5.01. The summed E-state index contributed by atoms with van der Waals surface area (Å²) in [4.78, 5) is 2.05. The van der Waals surface area contributed by atoms with E-state index in [4.69, 9.17) is 4.74 Å². The molecule has 18 heavy (non-hydrogen) atoms. The third-order valence-electron chi connectivity index (χ3n) is 2.86. The van der Waals surface area contributed by atoms with Crippen LogP contribution in [0.4, 0.5) is 13.2 Å². The van der Waals surface area contributed by atoms with E-state index in [0.29, 0.717) is 18.7 Å². The lowest BCUT2D eigenvalue weighted by atomic mass is 10.0. The van der Waals surface area contributed by atoms with Crippen LogP contribution >= 0.6 is 12.4 Å². The Morgan fingerprint density at radius 2 is 2.06 bits per heavy atom. The second-order valence-electron chi connectivity index (χ2n) is 4.24. The van der Waals surface area contributed by atoms with Gasteiger partial charge >= 0.3 is 6.18 Å². The van der Waals surface area contributed by atoms with Crippen LogP contribution in [-0.4, -0.2) is 31.6 Å². The Morgan fingerprint density at radius 3 is 2.67 bits per heavy atom. The third-order valence-corrected chi connectivity index (χ3v) is 2.86. The minimum absolute atomic E-state index is 0. The molecule has 102 valence electrons. The molecule has 1 fully saturated rings. The van der Waals surface area contributed by atoms with E-state index in [-0.39, 0.29) is 18.5 Å². The Bertz CT molecular complexity index is 397. The Hall–Kier alpha value is -0.780. The maximum atomic E-state index is 12.6. The van der Waals surface area contributed by atoms with E-state index in [0.717, 1.165) is 12.6 Å². The number of morpholine rings is 1. The molecule has 1 aromatic rings. The van der Waals surface area contributed by atoms with Gasteiger partial charge in [-0.05, 0) is 24.7 Å². The highest BCUT2D eigenvalue weighted by Crippen LogP contribution is 2.32. The van der Waals surface area contributed by atoms with Crippen LogP contribution in [0.25, 0.3) is 0 Å². The Morgan fingerprint density at radius 1 is 1.33 bits per heavy atom. The van der Waals surface area contributed by atoms with Crippen molar-refractivity contribution in [3.8, 4) is 0 Å². The number of rotatable bonds is 1. The first kappa shape index (κ1) is 15.3. The summed E-state index contributed by atoms with van der Waals surface area (Å²) in [5.74, 6) is 0. The first-order valence-corrected chi connectivity index (χ1v) is 5.44. The summed E-state index contributed by atoms with van der Waals surface area (Å²) in [6.45, 7) is 1.99. The fourth-order valence-corrected chi connectivity index (χ4v) is 1.89. The van der Waals surface area contributed by atoms with Gasteiger partial charge in [-0.1, -0.05) is 12.1 Å². The number of hydrogen-bond donors (Lipinski definition) is 0. The highest BCUT2D eigenvalue weighted by atomic mass is 35.5. The number of nitrogens with zero attached hydrogens (tertiary/aromatic N) is 1. The summed E-state index contributed by atoms with van der Waals surface area (Å²) < 4.78 is 43.2. The summed E-state index contributed by atoms with van der Waals surface area (Å²) in [6.07, 6.45) is -4.56. The van der Waals surface area contributed by atoms with Crippen LogP contribution in [0.1, 0.15) is 17.2 Å². The summed E-state index contributed by atoms with van der Waals surface area (Å²) in [7, 11) is 1.93. The molecule has 1 saturated heterocycles. The van der Waals surface area contributed by atoms with Gasteiger partial charge in [0.2, 0.25) is 0 Å². The molecule has 0 radical (unpaired) electrons. The van der Waals surface area contributed by atoms with Gasteiger partial charge in [-0.2, -0.15) is 13.2 Å². The van der Waals surface area contributed by atoms with E-state index < -0.39 is 11.7 Å². The second-order valence-corrected chi connectivity index (χ2v) is 4.24. The Balaban J connectivity index is 0.00000162. The number of alkyl halides is 3. The average molecular weight is 282 g/mol. The van der Waals surface area contributed by atoms with Crippen LogP contribution < -0.4 is 0 Å². The van der Waals surface area contributed by atoms with Crippen LogP contribution in [0, 0.1) is 0 Å². The largest absolute Gasteiger partial charge is 0.416 e. The quantitative estimate of drug-likeness (QED) is 0.784. The van der Waals surface area contributed by atoms with Gasteiger partial charge in [0, 0.05) is 13.1 Å². The highest BCUT2D eigenvalue weighted by Gasteiger charge is 2.31. The SMILES string of the molecule is CN1CCOC(c2cccc(C(F)(F)F)c2)C1.Cl. The van der Waals surface area contributed by atoms with Gasteiger partial charge in [0.05, 0.1) is 18.3 Å². The fraction of sp³-hybridized carbons (Fsp3) is 0.500. The van der Waals surface area contributed by atoms with Gasteiger partial charge in [0.25, 0.3) is 0 Å². The van der Waals surface area contributed by atoms with Gasteiger partial charge in [0.1, 0.15) is 0 Å². The van der Waals surface area contributed by atoms with Crippen molar-refractivity contribution in [1.82, 2.24) is 4.90 Å². The maximum absolute atomic E-state index is 12.6. The first-order valence-electron chi connectivity index (χ1n) is 5.44. The summed E-state index contributed by atoms with van der Waals surface area (Å²) >= 11 is 0. The molecule has 1 atom stereocenters. The van der Waals surface area contributed by atoms with Gasteiger partial charge in [0.15, 0.2) is 0 Å². The van der Waals surface area contributed by atoms with Crippen LogP contribution in [-0.2, 0) is 10.9 Å². The van der Waals surface area contributed by atoms with E-state index in [1.165, 1.54) is 12.1 Å². The Labute approximate surface area is 110 Å². The minimum Gasteiger partial charge on any atom is -0.371 e. The van der Waals surface area contributed by atoms with Crippen LogP contribution in [0.3, 0.4) is 0 Å². The summed E-state index contributed by atoms with van der Waals surface area (Å²) in [5.41, 5.74) is -0.0294. The predicted octanol–water partition coefficient (Wildman–Crippen LogP) is 3.13. The molecule has 0 spiro atoms. The summed E-state index contributed by atoms with van der Waals surface area (Å²) in [6, 6.07) is 5.36. The van der Waals surface area contributed by atoms with Gasteiger partial charge < -0.3 is 9.64 Å². The van der Waals surface area contributed by atoms with Gasteiger partial charge in [-0.3, -0.25) is 0 Å². The topological polar surface area (TPSA) is 12.5 Å². The molecule has 0 amide bonds. The molecule has 1 heterocycles. The monoisotopic (exact) mass is 281 g/mol. The second kappa shape index (κ2) is 5.91. The van der Waals surface area contributed by atoms with E-state index in [1.807, 2.05) is 7.05 Å². The zero-order valence-corrected chi connectivity index (χ0v) is 10.7. The number of hydrogen-bond acceptors (Lipinski definition) is 2. The number of likely N-dealkylation sites (N-methyl/N-ethyl adjacent to an activating group) is 1. The molecular weight excluding hydrogens is 267 g/mol. The highest BCUT2D eigenvalue weighted by molar-refractivity contribution is 5.85. The number of halogens is 4. The zero-order chi connectivity index (χ0) is 12.5. The van der Waals surface area contributed by atoms with Crippen molar-refractivity contribution in [3.63, 3.8) is 0 Å². The van der Waals surface area contributed by atoms with Gasteiger partial charge in [-0.15, -0.1) is 12.4 Å². The van der Waals surface area contributed by atoms with E-state index >= 15 is 0 Å². The number of benzene rings is 1. The molecule has 0 N–H and O–H groups in total. The van der Waals surface area contributed by atoms with Crippen LogP contribution in [0.2, 0.25) is 0 Å². The summed E-state index contributed by atoms with van der Waals surface area (Å²) in [5, 5.41) is 0. The molecular formula is C12H15ClF3NO. The molecule has 1 aliphatic rings. The molecule has 1 unspecified atom stereocenters. The third kappa shape index (κ3) is 3.60. The van der Waals surface area contributed by atoms with Crippen LogP contribution in [0.15, 0.2) is 24.3 Å². The van der Waals surface area contributed by atoms with Crippen LogP contribution in [0.5, 0.6) is 0 Å². The molecule has 6 heteroatoms. The molecule has 2 rings (SSSR count). The smallest absolute Gasteiger partial charge is 0.371 e. The molecule has 0 bridgehead atoms. The van der Waals surface area contributed by atoms with Gasteiger partial charge in [-0.25, -0.2) is 0 Å². The van der Waals surface area contributed by atoms with E-state index in [9.17, 15) is 13.2 Å². The minimum atomic E-state index is -4.30. The normalized spacial score (nSPS) is 21.4. The first-order chi connectivity index (χ1) is 7.97. The fourth-order valence-electron chi connectivity index (χ4n) is 1.89. The molecule has 1 aliphatic heterocycles.